The maximum absolute atomic E-state index is 14.6. The van der Waals surface area contributed by atoms with Crippen molar-refractivity contribution in [3.63, 3.8) is 0 Å². The predicted molar refractivity (Wildman–Crippen MR) is 103 cm³/mol. The van der Waals surface area contributed by atoms with Crippen LogP contribution in [0.4, 0.5) is 20.2 Å². The summed E-state index contributed by atoms with van der Waals surface area (Å²) in [5, 5.41) is 3.61. The van der Waals surface area contributed by atoms with Crippen molar-refractivity contribution >= 4 is 32.3 Å². The average Bonchev–Trinajstić information content (AvgIpc) is 2.64. The monoisotopic (exact) mass is 391 g/mol. The number of anilines is 2. The van der Waals surface area contributed by atoms with Gasteiger partial charge in [-0.1, -0.05) is 25.1 Å². The number of hydrogen-bond donors (Lipinski definition) is 2. The van der Waals surface area contributed by atoms with E-state index in [1.807, 2.05) is 30.3 Å². The molecule has 8 heteroatoms. The van der Waals surface area contributed by atoms with Crippen LogP contribution in [-0.4, -0.2) is 19.2 Å². The molecule has 142 valence electrons. The van der Waals surface area contributed by atoms with Crippen LogP contribution in [0.2, 0.25) is 0 Å². The number of aromatic nitrogens is 1. The van der Waals surface area contributed by atoms with Gasteiger partial charge < -0.3 is 5.32 Å². The summed E-state index contributed by atoms with van der Waals surface area (Å²) in [6.07, 6.45) is 2.01. The van der Waals surface area contributed by atoms with E-state index in [1.54, 1.807) is 13.1 Å². The minimum atomic E-state index is -3.68. The number of fused-ring (bicyclic) bond motifs is 1. The Hall–Kier alpha value is -2.74. The molecule has 3 aromatic rings. The van der Waals surface area contributed by atoms with Gasteiger partial charge in [0.1, 0.15) is 11.5 Å². The van der Waals surface area contributed by atoms with Crippen molar-refractivity contribution in [1.82, 2.24) is 4.98 Å². The Morgan fingerprint density at radius 2 is 1.89 bits per heavy atom. The Morgan fingerprint density at radius 3 is 2.67 bits per heavy atom. The summed E-state index contributed by atoms with van der Waals surface area (Å²) in [6, 6.07) is 11.5. The van der Waals surface area contributed by atoms with Gasteiger partial charge in [-0.05, 0) is 36.2 Å². The normalized spacial score (nSPS) is 11.5. The highest BCUT2D eigenvalue weighted by Gasteiger charge is 2.17. The number of rotatable bonds is 7. The first-order valence-corrected chi connectivity index (χ1v) is 10.1. The molecule has 1 aromatic heterocycles. The molecule has 0 atom stereocenters. The van der Waals surface area contributed by atoms with E-state index in [-0.39, 0.29) is 23.7 Å². The molecule has 27 heavy (non-hydrogen) atoms. The van der Waals surface area contributed by atoms with Gasteiger partial charge in [0.25, 0.3) is 0 Å². The van der Waals surface area contributed by atoms with Gasteiger partial charge in [0, 0.05) is 18.1 Å². The summed E-state index contributed by atoms with van der Waals surface area (Å²) in [7, 11) is -3.68. The third-order valence-corrected chi connectivity index (χ3v) is 5.42. The summed E-state index contributed by atoms with van der Waals surface area (Å²) in [5.74, 6) is -1.93. The lowest BCUT2D eigenvalue weighted by Gasteiger charge is -2.13. The first-order chi connectivity index (χ1) is 12.9. The lowest BCUT2D eigenvalue weighted by molar-refractivity contribution is 0.586. The van der Waals surface area contributed by atoms with E-state index >= 15 is 0 Å². The van der Waals surface area contributed by atoms with E-state index < -0.39 is 21.7 Å². The topological polar surface area (TPSA) is 71.1 Å². The van der Waals surface area contributed by atoms with E-state index in [4.69, 9.17) is 0 Å². The van der Waals surface area contributed by atoms with Gasteiger partial charge >= 0.3 is 0 Å². The molecule has 0 spiro atoms. The molecule has 1 heterocycles. The first-order valence-electron chi connectivity index (χ1n) is 8.45. The summed E-state index contributed by atoms with van der Waals surface area (Å²) >= 11 is 0. The van der Waals surface area contributed by atoms with Crippen molar-refractivity contribution in [3.05, 3.63) is 65.9 Å². The number of hydrogen-bond acceptors (Lipinski definition) is 4. The standard InChI is InChI=1S/C19H19F2N3O2S/c1-2-9-27(25,26)24-17-8-7-15(20)19(18(17)21)23-12-13-10-14-5-3-4-6-16(14)22-11-13/h3-8,10-11,23-24H,2,9,12H2,1H3. The van der Waals surface area contributed by atoms with Gasteiger partial charge in [0.05, 0.1) is 17.0 Å². The van der Waals surface area contributed by atoms with Crippen LogP contribution in [0.25, 0.3) is 10.9 Å². The van der Waals surface area contributed by atoms with Crippen molar-refractivity contribution in [2.24, 2.45) is 0 Å². The molecule has 0 radical (unpaired) electrons. The molecular weight excluding hydrogens is 372 g/mol. The number of benzene rings is 2. The summed E-state index contributed by atoms with van der Waals surface area (Å²) in [6.45, 7) is 1.83. The lowest BCUT2D eigenvalue weighted by atomic mass is 10.1. The number of halogens is 2. The maximum atomic E-state index is 14.6. The van der Waals surface area contributed by atoms with Gasteiger partial charge in [-0.15, -0.1) is 0 Å². The quantitative estimate of drug-likeness (QED) is 0.631. The van der Waals surface area contributed by atoms with Crippen molar-refractivity contribution in [2.75, 3.05) is 15.8 Å². The van der Waals surface area contributed by atoms with Crippen molar-refractivity contribution < 1.29 is 17.2 Å². The largest absolute Gasteiger partial charge is 0.376 e. The fourth-order valence-electron chi connectivity index (χ4n) is 2.68. The Morgan fingerprint density at radius 1 is 1.11 bits per heavy atom. The maximum Gasteiger partial charge on any atom is 0.232 e. The number of para-hydroxylation sites is 1. The van der Waals surface area contributed by atoms with Gasteiger partial charge in [-0.2, -0.15) is 0 Å². The van der Waals surface area contributed by atoms with Crippen LogP contribution >= 0.6 is 0 Å². The average molecular weight is 391 g/mol. The minimum absolute atomic E-state index is 0.136. The second kappa shape index (κ2) is 7.87. The Labute approximate surface area is 156 Å². The van der Waals surface area contributed by atoms with Crippen molar-refractivity contribution in [2.45, 2.75) is 19.9 Å². The van der Waals surface area contributed by atoms with Crippen LogP contribution in [0.1, 0.15) is 18.9 Å². The van der Waals surface area contributed by atoms with Gasteiger partial charge in [0.2, 0.25) is 10.0 Å². The summed E-state index contributed by atoms with van der Waals surface area (Å²) in [4.78, 5) is 4.31. The molecule has 0 saturated heterocycles. The number of nitrogens with zero attached hydrogens (tertiary/aromatic N) is 1. The molecule has 0 aliphatic rings. The molecule has 0 aliphatic heterocycles. The molecule has 0 fully saturated rings. The molecule has 0 saturated carbocycles. The van der Waals surface area contributed by atoms with Crippen LogP contribution in [0.15, 0.2) is 48.7 Å². The minimum Gasteiger partial charge on any atom is -0.376 e. The van der Waals surface area contributed by atoms with Crippen molar-refractivity contribution in [3.8, 4) is 0 Å². The fraction of sp³-hybridized carbons (Fsp3) is 0.211. The smallest absolute Gasteiger partial charge is 0.232 e. The first kappa shape index (κ1) is 19.0. The third-order valence-electron chi connectivity index (χ3n) is 3.95. The predicted octanol–water partition coefficient (Wildman–Crippen LogP) is 4.28. The van der Waals surface area contributed by atoms with Crippen LogP contribution in [0, 0.1) is 11.6 Å². The molecule has 0 bridgehead atoms. The lowest BCUT2D eigenvalue weighted by Crippen LogP contribution is -2.17. The Balaban J connectivity index is 1.82. The highest BCUT2D eigenvalue weighted by molar-refractivity contribution is 7.92. The van der Waals surface area contributed by atoms with Crippen molar-refractivity contribution in [1.29, 1.82) is 0 Å². The molecule has 3 rings (SSSR count). The highest BCUT2D eigenvalue weighted by atomic mass is 32.2. The van der Waals surface area contributed by atoms with E-state index in [1.165, 1.54) is 0 Å². The van der Waals surface area contributed by atoms with E-state index in [2.05, 4.69) is 15.0 Å². The zero-order valence-electron chi connectivity index (χ0n) is 14.7. The Bertz CT molecular complexity index is 1070. The second-order valence-corrected chi connectivity index (χ2v) is 7.94. The zero-order chi connectivity index (χ0) is 19.4. The SMILES string of the molecule is CCCS(=O)(=O)Nc1ccc(F)c(NCc2cnc3ccccc3c2)c1F. The van der Waals surface area contributed by atoms with Gasteiger partial charge in [-0.25, -0.2) is 17.2 Å². The molecule has 2 aromatic carbocycles. The number of sulfonamides is 1. The molecule has 2 N–H and O–H groups in total. The molecular formula is C19H19F2N3O2S. The van der Waals surface area contributed by atoms with E-state index in [0.717, 1.165) is 28.6 Å². The second-order valence-electron chi connectivity index (χ2n) is 6.09. The molecule has 0 unspecified atom stereocenters. The molecule has 5 nitrogen and oxygen atoms in total. The van der Waals surface area contributed by atoms with E-state index in [0.29, 0.717) is 6.42 Å². The summed E-state index contributed by atoms with van der Waals surface area (Å²) < 4.78 is 54.5. The fourth-order valence-corrected chi connectivity index (χ4v) is 3.82. The van der Waals surface area contributed by atoms with Gasteiger partial charge in [0.15, 0.2) is 5.82 Å². The molecule has 0 aliphatic carbocycles. The van der Waals surface area contributed by atoms with Crippen LogP contribution in [0.5, 0.6) is 0 Å². The Kier molecular flexibility index (Phi) is 5.55. The molecule has 0 amide bonds. The highest BCUT2D eigenvalue weighted by Crippen LogP contribution is 2.27. The van der Waals surface area contributed by atoms with Crippen LogP contribution < -0.4 is 10.0 Å². The number of pyridine rings is 1. The van der Waals surface area contributed by atoms with E-state index in [9.17, 15) is 17.2 Å². The van der Waals surface area contributed by atoms with Gasteiger partial charge in [-0.3, -0.25) is 9.71 Å². The van der Waals surface area contributed by atoms with Crippen LogP contribution in [-0.2, 0) is 16.6 Å². The summed E-state index contributed by atoms with van der Waals surface area (Å²) in [5.41, 5.74) is 0.888. The zero-order valence-corrected chi connectivity index (χ0v) is 15.5. The number of nitrogens with one attached hydrogen (secondary N) is 2. The third kappa shape index (κ3) is 4.51. The van der Waals surface area contributed by atoms with Crippen LogP contribution in [0.3, 0.4) is 0 Å².